The molecule has 0 aromatic heterocycles. The molecule has 0 radical (unpaired) electrons. The molecular formula is C16H17BrN2O5S. The number of amides is 1. The average molecular weight is 429 g/mol. The lowest BCUT2D eigenvalue weighted by atomic mass is 10.2. The molecule has 0 unspecified atom stereocenters. The molecule has 9 heteroatoms. The number of carbonyl (C=O) groups excluding carboxylic acids is 1. The number of anilines is 1. The van der Waals surface area contributed by atoms with Gasteiger partial charge in [0.05, 0.1) is 25.7 Å². The van der Waals surface area contributed by atoms with E-state index in [1.807, 2.05) is 0 Å². The monoisotopic (exact) mass is 428 g/mol. The van der Waals surface area contributed by atoms with Crippen LogP contribution in [0.25, 0.3) is 0 Å². The van der Waals surface area contributed by atoms with Crippen molar-refractivity contribution < 1.29 is 22.7 Å². The first-order valence-corrected chi connectivity index (χ1v) is 9.40. The van der Waals surface area contributed by atoms with Gasteiger partial charge in [-0.3, -0.25) is 4.79 Å². The van der Waals surface area contributed by atoms with E-state index in [0.29, 0.717) is 17.2 Å². The lowest BCUT2D eigenvalue weighted by Crippen LogP contribution is -2.32. The van der Waals surface area contributed by atoms with Crippen molar-refractivity contribution in [3.05, 3.63) is 46.9 Å². The molecule has 0 bridgehead atoms. The number of carbonyl (C=O) groups is 1. The van der Waals surface area contributed by atoms with Crippen LogP contribution in [0.3, 0.4) is 0 Å². The van der Waals surface area contributed by atoms with Gasteiger partial charge in [-0.05, 0) is 36.4 Å². The van der Waals surface area contributed by atoms with Gasteiger partial charge in [0.2, 0.25) is 15.9 Å². The summed E-state index contributed by atoms with van der Waals surface area (Å²) in [5.41, 5.74) is 0.463. The molecule has 0 heterocycles. The fourth-order valence-electron chi connectivity index (χ4n) is 1.98. The first kappa shape index (κ1) is 19.2. The van der Waals surface area contributed by atoms with Gasteiger partial charge in [0.1, 0.15) is 0 Å². The van der Waals surface area contributed by atoms with Gasteiger partial charge in [-0.2, -0.15) is 0 Å². The zero-order valence-electron chi connectivity index (χ0n) is 13.6. The van der Waals surface area contributed by atoms with E-state index in [-0.39, 0.29) is 4.90 Å². The predicted molar refractivity (Wildman–Crippen MR) is 97.5 cm³/mol. The Morgan fingerprint density at radius 1 is 1.04 bits per heavy atom. The number of nitrogens with one attached hydrogen (secondary N) is 2. The molecule has 0 aliphatic carbocycles. The van der Waals surface area contributed by atoms with Crippen molar-refractivity contribution in [2.45, 2.75) is 4.90 Å². The van der Waals surface area contributed by atoms with Crippen LogP contribution >= 0.6 is 15.9 Å². The van der Waals surface area contributed by atoms with Gasteiger partial charge in [0.25, 0.3) is 0 Å². The molecule has 134 valence electrons. The smallest absolute Gasteiger partial charge is 0.241 e. The van der Waals surface area contributed by atoms with Crippen LogP contribution in [0.2, 0.25) is 0 Å². The van der Waals surface area contributed by atoms with Gasteiger partial charge in [0, 0.05) is 16.2 Å². The third kappa shape index (κ3) is 5.18. The van der Waals surface area contributed by atoms with E-state index in [9.17, 15) is 13.2 Å². The van der Waals surface area contributed by atoms with Gasteiger partial charge in [-0.1, -0.05) is 15.9 Å². The number of methoxy groups -OCH3 is 2. The number of benzene rings is 2. The Labute approximate surface area is 154 Å². The van der Waals surface area contributed by atoms with Crippen molar-refractivity contribution in [1.82, 2.24) is 4.72 Å². The van der Waals surface area contributed by atoms with E-state index in [1.165, 1.54) is 26.4 Å². The van der Waals surface area contributed by atoms with Crippen molar-refractivity contribution in [3.8, 4) is 11.5 Å². The van der Waals surface area contributed by atoms with E-state index in [4.69, 9.17) is 9.47 Å². The Kier molecular flexibility index (Phi) is 6.40. The third-order valence-electron chi connectivity index (χ3n) is 3.21. The summed E-state index contributed by atoms with van der Waals surface area (Å²) in [5, 5.41) is 2.59. The van der Waals surface area contributed by atoms with Crippen molar-refractivity contribution in [2.75, 3.05) is 26.1 Å². The second-order valence-electron chi connectivity index (χ2n) is 4.90. The van der Waals surface area contributed by atoms with E-state index in [2.05, 4.69) is 26.0 Å². The zero-order valence-corrected chi connectivity index (χ0v) is 16.0. The molecular weight excluding hydrogens is 412 g/mol. The molecule has 0 aliphatic rings. The first-order chi connectivity index (χ1) is 11.9. The summed E-state index contributed by atoms with van der Waals surface area (Å²) in [6.45, 7) is -0.396. The van der Waals surface area contributed by atoms with Crippen molar-refractivity contribution >= 4 is 37.5 Å². The zero-order chi connectivity index (χ0) is 18.4. The average Bonchev–Trinajstić information content (AvgIpc) is 2.60. The summed E-state index contributed by atoms with van der Waals surface area (Å²) < 4.78 is 37.6. The van der Waals surface area contributed by atoms with Crippen LogP contribution in [0.15, 0.2) is 51.8 Å². The molecule has 25 heavy (non-hydrogen) atoms. The van der Waals surface area contributed by atoms with Crippen LogP contribution in [0.4, 0.5) is 5.69 Å². The Hall–Kier alpha value is -2.10. The molecule has 0 aliphatic heterocycles. The number of hydrogen-bond donors (Lipinski definition) is 2. The van der Waals surface area contributed by atoms with Crippen LogP contribution in [0, 0.1) is 0 Å². The first-order valence-electron chi connectivity index (χ1n) is 7.13. The highest BCUT2D eigenvalue weighted by Gasteiger charge is 2.15. The van der Waals surface area contributed by atoms with Gasteiger partial charge in [0.15, 0.2) is 11.5 Å². The molecule has 2 aromatic carbocycles. The lowest BCUT2D eigenvalue weighted by molar-refractivity contribution is -0.115. The summed E-state index contributed by atoms with van der Waals surface area (Å²) in [6, 6.07) is 11.0. The molecule has 0 saturated carbocycles. The highest BCUT2D eigenvalue weighted by Crippen LogP contribution is 2.29. The van der Waals surface area contributed by atoms with Gasteiger partial charge >= 0.3 is 0 Å². The van der Waals surface area contributed by atoms with Crippen molar-refractivity contribution in [1.29, 1.82) is 0 Å². The third-order valence-corrected chi connectivity index (χ3v) is 5.16. The van der Waals surface area contributed by atoms with E-state index in [1.54, 1.807) is 30.3 Å². The molecule has 2 rings (SSSR count). The predicted octanol–water partition coefficient (Wildman–Crippen LogP) is 2.38. The maximum Gasteiger partial charge on any atom is 0.241 e. The minimum atomic E-state index is -3.76. The van der Waals surface area contributed by atoms with Crippen LogP contribution in [-0.2, 0) is 14.8 Å². The van der Waals surface area contributed by atoms with Crippen LogP contribution in [0.1, 0.15) is 0 Å². The van der Waals surface area contributed by atoms with Crippen LogP contribution in [0.5, 0.6) is 11.5 Å². The second-order valence-corrected chi connectivity index (χ2v) is 7.58. The Balaban J connectivity index is 1.99. The number of rotatable bonds is 7. The molecule has 0 fully saturated rings. The standard InChI is InChI=1S/C16H17BrN2O5S/c1-23-14-8-5-12(9-15(14)24-2)19-16(20)10-18-25(21,22)13-6-3-11(17)4-7-13/h3-9,18H,10H2,1-2H3,(H,19,20). The quantitative estimate of drug-likeness (QED) is 0.705. The summed E-state index contributed by atoms with van der Waals surface area (Å²) in [7, 11) is -0.775. The largest absolute Gasteiger partial charge is 0.493 e. The molecule has 7 nitrogen and oxygen atoms in total. The van der Waals surface area contributed by atoms with E-state index in [0.717, 1.165) is 4.47 Å². The Morgan fingerprint density at radius 3 is 2.28 bits per heavy atom. The van der Waals surface area contributed by atoms with Crippen LogP contribution in [-0.4, -0.2) is 35.1 Å². The fourth-order valence-corrected chi connectivity index (χ4v) is 3.22. The van der Waals surface area contributed by atoms with Crippen LogP contribution < -0.4 is 19.5 Å². The number of ether oxygens (including phenoxy) is 2. The SMILES string of the molecule is COc1ccc(NC(=O)CNS(=O)(=O)c2ccc(Br)cc2)cc1OC. The second kappa shape index (κ2) is 8.32. The number of sulfonamides is 1. The summed E-state index contributed by atoms with van der Waals surface area (Å²) in [5.74, 6) is 0.472. The summed E-state index contributed by atoms with van der Waals surface area (Å²) in [6.07, 6.45) is 0. The highest BCUT2D eigenvalue weighted by molar-refractivity contribution is 9.10. The van der Waals surface area contributed by atoms with E-state index < -0.39 is 22.5 Å². The molecule has 0 saturated heterocycles. The van der Waals surface area contributed by atoms with E-state index >= 15 is 0 Å². The van der Waals surface area contributed by atoms with Gasteiger partial charge in [-0.15, -0.1) is 0 Å². The lowest BCUT2D eigenvalue weighted by Gasteiger charge is -2.11. The molecule has 0 atom stereocenters. The normalized spacial score (nSPS) is 11.0. The summed E-state index contributed by atoms with van der Waals surface area (Å²) >= 11 is 3.23. The Bertz CT molecular complexity index is 853. The topological polar surface area (TPSA) is 93.7 Å². The van der Waals surface area contributed by atoms with Crippen molar-refractivity contribution in [3.63, 3.8) is 0 Å². The molecule has 2 N–H and O–H groups in total. The van der Waals surface area contributed by atoms with Gasteiger partial charge in [-0.25, -0.2) is 13.1 Å². The van der Waals surface area contributed by atoms with Gasteiger partial charge < -0.3 is 14.8 Å². The highest BCUT2D eigenvalue weighted by atomic mass is 79.9. The summed E-state index contributed by atoms with van der Waals surface area (Å²) in [4.78, 5) is 12.1. The fraction of sp³-hybridized carbons (Fsp3) is 0.188. The maximum absolute atomic E-state index is 12.1. The minimum Gasteiger partial charge on any atom is -0.493 e. The molecule has 0 spiro atoms. The maximum atomic E-state index is 12.1. The number of halogens is 1. The van der Waals surface area contributed by atoms with Crippen molar-refractivity contribution in [2.24, 2.45) is 0 Å². The molecule has 2 aromatic rings. The Morgan fingerprint density at radius 2 is 1.68 bits per heavy atom. The number of hydrogen-bond acceptors (Lipinski definition) is 5. The minimum absolute atomic E-state index is 0.0783. The molecule has 1 amide bonds.